The first kappa shape index (κ1) is 23.1. The number of aromatic nitrogens is 2. The van der Waals surface area contributed by atoms with Crippen molar-refractivity contribution in [3.8, 4) is 0 Å². The Labute approximate surface area is 205 Å². The molecule has 2 aromatic heterocycles. The molecule has 2 saturated heterocycles. The summed E-state index contributed by atoms with van der Waals surface area (Å²) in [5.41, 5.74) is 1.30. The quantitative estimate of drug-likeness (QED) is 0.562. The molecule has 3 aromatic rings. The summed E-state index contributed by atoms with van der Waals surface area (Å²) in [7, 11) is 0. The molecular weight excluding hydrogens is 444 g/mol. The van der Waals surface area contributed by atoms with Crippen LogP contribution in [0.4, 0.5) is 11.5 Å². The molecule has 180 valence electrons. The molecule has 1 amide bonds. The van der Waals surface area contributed by atoms with Gasteiger partial charge in [-0.25, -0.2) is 9.97 Å². The fraction of sp³-hybridized carbons (Fsp3) is 0.500. The van der Waals surface area contributed by atoms with Gasteiger partial charge in [0.2, 0.25) is 5.91 Å². The number of thiophene rings is 1. The number of rotatable bonds is 7. The number of hydrogen-bond donors (Lipinski definition) is 1. The fourth-order valence-corrected chi connectivity index (χ4v) is 5.98. The molecule has 2 aliphatic rings. The van der Waals surface area contributed by atoms with Crippen molar-refractivity contribution < 1.29 is 4.79 Å². The Hall–Kier alpha value is -2.71. The Kier molecular flexibility index (Phi) is 7.25. The molecule has 8 heteroatoms. The minimum absolute atomic E-state index is 0.0120. The summed E-state index contributed by atoms with van der Waals surface area (Å²) in [5, 5.41) is 4.34. The number of para-hydroxylation sites is 1. The van der Waals surface area contributed by atoms with Gasteiger partial charge in [-0.3, -0.25) is 9.69 Å². The Morgan fingerprint density at radius 1 is 1.09 bits per heavy atom. The number of nitrogens with zero attached hydrogens (tertiary/aromatic N) is 5. The van der Waals surface area contributed by atoms with Gasteiger partial charge < -0.3 is 15.1 Å². The van der Waals surface area contributed by atoms with Gasteiger partial charge in [0.1, 0.15) is 17.0 Å². The van der Waals surface area contributed by atoms with Crippen molar-refractivity contribution in [2.75, 3.05) is 62.2 Å². The number of fused-ring (bicyclic) bond motifs is 1. The van der Waals surface area contributed by atoms with Gasteiger partial charge in [-0.2, -0.15) is 0 Å². The molecule has 0 saturated carbocycles. The number of hydrogen-bond acceptors (Lipinski definition) is 7. The van der Waals surface area contributed by atoms with Crippen LogP contribution >= 0.6 is 11.3 Å². The number of nitrogens with one attached hydrogen (secondary N) is 1. The molecule has 0 spiro atoms. The van der Waals surface area contributed by atoms with Gasteiger partial charge >= 0.3 is 0 Å². The van der Waals surface area contributed by atoms with Gasteiger partial charge in [-0.15, -0.1) is 11.3 Å². The van der Waals surface area contributed by atoms with E-state index in [-0.39, 0.29) is 11.8 Å². The van der Waals surface area contributed by atoms with E-state index in [4.69, 9.17) is 0 Å². The number of piperidine rings is 1. The third-order valence-electron chi connectivity index (χ3n) is 7.02. The van der Waals surface area contributed by atoms with Crippen molar-refractivity contribution in [1.82, 2.24) is 20.2 Å². The van der Waals surface area contributed by atoms with Crippen LogP contribution in [0.1, 0.15) is 24.6 Å². The SMILES string of the molecule is CCc1cc2c(N3CCC[C@H](C(=O)NCCN4CCN(c5ccccc5)CC4)C3)ncnc2s1. The minimum Gasteiger partial charge on any atom is -0.369 e. The van der Waals surface area contributed by atoms with Crippen LogP contribution in [0.15, 0.2) is 42.7 Å². The lowest BCUT2D eigenvalue weighted by Crippen LogP contribution is -2.49. The highest BCUT2D eigenvalue weighted by Crippen LogP contribution is 2.32. The van der Waals surface area contributed by atoms with E-state index in [1.54, 1.807) is 17.7 Å². The summed E-state index contributed by atoms with van der Waals surface area (Å²) >= 11 is 1.74. The summed E-state index contributed by atoms with van der Waals surface area (Å²) in [4.78, 5) is 31.6. The first-order valence-electron chi connectivity index (χ1n) is 12.5. The Bertz CT molecular complexity index is 1100. The van der Waals surface area contributed by atoms with Crippen LogP contribution < -0.4 is 15.1 Å². The zero-order valence-electron chi connectivity index (χ0n) is 19.9. The Balaban J connectivity index is 1.10. The number of anilines is 2. The highest BCUT2D eigenvalue weighted by molar-refractivity contribution is 7.18. The first-order chi connectivity index (χ1) is 16.7. The lowest BCUT2D eigenvalue weighted by molar-refractivity contribution is -0.125. The van der Waals surface area contributed by atoms with Crippen LogP contribution in [0.3, 0.4) is 0 Å². The van der Waals surface area contributed by atoms with Crippen molar-refractivity contribution in [2.45, 2.75) is 26.2 Å². The third kappa shape index (κ3) is 5.18. The van der Waals surface area contributed by atoms with E-state index in [0.29, 0.717) is 6.54 Å². The van der Waals surface area contributed by atoms with E-state index in [1.165, 1.54) is 10.6 Å². The van der Waals surface area contributed by atoms with Crippen LogP contribution in [-0.4, -0.2) is 73.1 Å². The van der Waals surface area contributed by atoms with E-state index >= 15 is 0 Å². The van der Waals surface area contributed by atoms with E-state index < -0.39 is 0 Å². The number of benzene rings is 1. The standard InChI is InChI=1S/C26H34N6OS/c1-2-22-17-23-24(28-19-29-26(23)34-22)32-11-6-7-20(18-32)25(33)27-10-12-30-13-15-31(16-14-30)21-8-4-3-5-9-21/h3-5,8-9,17,19-20H,2,6-7,10-16,18H2,1H3,(H,27,33)/t20-/m0/s1. The molecule has 2 aliphatic heterocycles. The number of carbonyl (C=O) groups is 1. The largest absolute Gasteiger partial charge is 0.369 e. The summed E-state index contributed by atoms with van der Waals surface area (Å²) in [5.74, 6) is 1.17. The maximum Gasteiger partial charge on any atom is 0.224 e. The van der Waals surface area contributed by atoms with Gasteiger partial charge in [0.05, 0.1) is 11.3 Å². The summed E-state index contributed by atoms with van der Waals surface area (Å²) < 4.78 is 0. The Morgan fingerprint density at radius 2 is 1.91 bits per heavy atom. The highest BCUT2D eigenvalue weighted by atomic mass is 32.1. The minimum atomic E-state index is 0.0120. The number of piperazine rings is 1. The molecule has 2 fully saturated rings. The van der Waals surface area contributed by atoms with Crippen molar-refractivity contribution in [3.05, 3.63) is 47.6 Å². The van der Waals surface area contributed by atoms with Crippen LogP contribution in [0.2, 0.25) is 0 Å². The molecule has 4 heterocycles. The maximum absolute atomic E-state index is 13.0. The molecule has 1 N–H and O–H groups in total. The van der Waals surface area contributed by atoms with Crippen LogP contribution in [0, 0.1) is 5.92 Å². The lowest BCUT2D eigenvalue weighted by atomic mass is 9.97. The number of carbonyl (C=O) groups excluding carboxylic acids is 1. The van der Waals surface area contributed by atoms with Crippen molar-refractivity contribution in [3.63, 3.8) is 0 Å². The third-order valence-corrected chi connectivity index (χ3v) is 8.21. The maximum atomic E-state index is 13.0. The predicted octanol–water partition coefficient (Wildman–Crippen LogP) is 3.41. The number of amides is 1. The van der Waals surface area contributed by atoms with E-state index in [2.05, 4.69) is 73.3 Å². The van der Waals surface area contributed by atoms with E-state index in [1.807, 2.05) is 0 Å². The van der Waals surface area contributed by atoms with Gasteiger partial charge in [-0.05, 0) is 37.5 Å². The van der Waals surface area contributed by atoms with E-state index in [0.717, 1.165) is 81.1 Å². The molecule has 0 radical (unpaired) electrons. The summed E-state index contributed by atoms with van der Waals surface area (Å²) in [6, 6.07) is 12.8. The predicted molar refractivity (Wildman–Crippen MR) is 140 cm³/mol. The van der Waals surface area contributed by atoms with Gasteiger partial charge in [0.15, 0.2) is 0 Å². The molecule has 1 aromatic carbocycles. The highest BCUT2D eigenvalue weighted by Gasteiger charge is 2.28. The molecule has 7 nitrogen and oxygen atoms in total. The van der Waals surface area contributed by atoms with Gasteiger partial charge in [0, 0.05) is 62.9 Å². The Morgan fingerprint density at radius 3 is 2.71 bits per heavy atom. The van der Waals surface area contributed by atoms with Crippen molar-refractivity contribution in [1.29, 1.82) is 0 Å². The average Bonchev–Trinajstić information content (AvgIpc) is 3.33. The number of aryl methyl sites for hydroxylation is 1. The summed E-state index contributed by atoms with van der Waals surface area (Å²) in [6.07, 6.45) is 4.62. The molecule has 34 heavy (non-hydrogen) atoms. The smallest absolute Gasteiger partial charge is 0.224 e. The van der Waals surface area contributed by atoms with Gasteiger partial charge in [-0.1, -0.05) is 25.1 Å². The fourth-order valence-electron chi connectivity index (χ4n) is 5.05. The first-order valence-corrected chi connectivity index (χ1v) is 13.3. The van der Waals surface area contributed by atoms with Crippen molar-refractivity contribution >= 4 is 39.0 Å². The normalized spacial score (nSPS) is 19.5. The molecular formula is C26H34N6OS. The second-order valence-corrected chi connectivity index (χ2v) is 10.3. The monoisotopic (exact) mass is 478 g/mol. The molecule has 0 unspecified atom stereocenters. The van der Waals surface area contributed by atoms with Crippen molar-refractivity contribution in [2.24, 2.45) is 5.92 Å². The molecule has 1 atom stereocenters. The average molecular weight is 479 g/mol. The lowest BCUT2D eigenvalue weighted by Gasteiger charge is -2.36. The molecule has 5 rings (SSSR count). The zero-order valence-corrected chi connectivity index (χ0v) is 20.8. The second kappa shape index (κ2) is 10.7. The van der Waals surface area contributed by atoms with Gasteiger partial charge in [0.25, 0.3) is 0 Å². The molecule has 0 bridgehead atoms. The van der Waals surface area contributed by atoms with E-state index in [9.17, 15) is 4.79 Å². The van der Waals surface area contributed by atoms with Crippen LogP contribution in [0.5, 0.6) is 0 Å². The van der Waals surface area contributed by atoms with Crippen LogP contribution in [0.25, 0.3) is 10.2 Å². The molecule has 0 aliphatic carbocycles. The topological polar surface area (TPSA) is 64.6 Å². The van der Waals surface area contributed by atoms with Crippen LogP contribution in [-0.2, 0) is 11.2 Å². The zero-order chi connectivity index (χ0) is 23.3. The second-order valence-electron chi connectivity index (χ2n) is 9.22. The summed E-state index contributed by atoms with van der Waals surface area (Å²) in [6.45, 7) is 9.59.